The molecule has 0 aromatic carbocycles. The quantitative estimate of drug-likeness (QED) is 0.822. The van der Waals surface area contributed by atoms with Gasteiger partial charge in [0.1, 0.15) is 0 Å². The monoisotopic (exact) mass is 278 g/mol. The van der Waals surface area contributed by atoms with Crippen molar-refractivity contribution in [1.29, 1.82) is 0 Å². The second-order valence-electron chi connectivity index (χ2n) is 7.77. The number of nitrogens with zero attached hydrogens (tertiary/aromatic N) is 1. The molecule has 0 aromatic rings. The summed E-state index contributed by atoms with van der Waals surface area (Å²) in [5, 5.41) is 3.96. The number of likely N-dealkylation sites (tertiary alicyclic amines) is 1. The number of hydrogen-bond donors (Lipinski definition) is 1. The summed E-state index contributed by atoms with van der Waals surface area (Å²) in [7, 11) is 0. The van der Waals surface area contributed by atoms with Crippen molar-refractivity contribution in [2.24, 2.45) is 11.8 Å². The van der Waals surface area contributed by atoms with Gasteiger partial charge in [0.15, 0.2) is 0 Å². The summed E-state index contributed by atoms with van der Waals surface area (Å²) >= 11 is 0. The Morgan fingerprint density at radius 2 is 1.45 bits per heavy atom. The average molecular weight is 278 g/mol. The molecule has 1 saturated heterocycles. The molecule has 0 spiro atoms. The van der Waals surface area contributed by atoms with Gasteiger partial charge in [-0.05, 0) is 70.8 Å². The zero-order chi connectivity index (χ0) is 13.9. The van der Waals surface area contributed by atoms with E-state index in [1.54, 1.807) is 0 Å². The second-order valence-corrected chi connectivity index (χ2v) is 7.77. The van der Waals surface area contributed by atoms with Gasteiger partial charge in [-0.25, -0.2) is 0 Å². The van der Waals surface area contributed by atoms with Crippen LogP contribution in [-0.4, -0.2) is 36.1 Å². The van der Waals surface area contributed by atoms with E-state index >= 15 is 0 Å². The molecule has 3 aliphatic rings. The lowest BCUT2D eigenvalue weighted by Gasteiger charge is -2.44. The molecule has 2 nitrogen and oxygen atoms in total. The summed E-state index contributed by atoms with van der Waals surface area (Å²) in [6.45, 7) is 7.60. The van der Waals surface area contributed by atoms with E-state index in [0.29, 0.717) is 6.04 Å². The van der Waals surface area contributed by atoms with Crippen LogP contribution in [0, 0.1) is 11.8 Å². The third-order valence-corrected chi connectivity index (χ3v) is 6.42. The van der Waals surface area contributed by atoms with E-state index in [-0.39, 0.29) is 0 Å². The molecule has 1 heterocycles. The van der Waals surface area contributed by atoms with E-state index in [4.69, 9.17) is 0 Å². The lowest BCUT2D eigenvalue weighted by molar-refractivity contribution is 0.0643. The maximum Gasteiger partial charge on any atom is 0.00954 e. The molecule has 2 heteroatoms. The fourth-order valence-electron chi connectivity index (χ4n) is 4.68. The van der Waals surface area contributed by atoms with Crippen molar-refractivity contribution >= 4 is 0 Å². The molecule has 2 saturated carbocycles. The van der Waals surface area contributed by atoms with E-state index in [2.05, 4.69) is 24.1 Å². The van der Waals surface area contributed by atoms with E-state index in [0.717, 1.165) is 23.9 Å². The lowest BCUT2D eigenvalue weighted by Crippen LogP contribution is -2.51. The van der Waals surface area contributed by atoms with E-state index in [1.165, 1.54) is 70.9 Å². The Hall–Kier alpha value is -0.0800. The first-order valence-corrected chi connectivity index (χ1v) is 9.24. The molecule has 0 aromatic heterocycles. The van der Waals surface area contributed by atoms with Gasteiger partial charge in [-0.15, -0.1) is 0 Å². The Morgan fingerprint density at radius 3 is 2.10 bits per heavy atom. The third-order valence-electron chi connectivity index (χ3n) is 6.42. The van der Waals surface area contributed by atoms with Crippen LogP contribution in [0.3, 0.4) is 0 Å². The van der Waals surface area contributed by atoms with Crippen molar-refractivity contribution in [2.75, 3.05) is 13.1 Å². The van der Waals surface area contributed by atoms with Gasteiger partial charge in [0.25, 0.3) is 0 Å². The van der Waals surface area contributed by atoms with Crippen molar-refractivity contribution in [3.05, 3.63) is 0 Å². The van der Waals surface area contributed by atoms with Crippen LogP contribution in [-0.2, 0) is 0 Å². The summed E-state index contributed by atoms with van der Waals surface area (Å²) in [6.07, 6.45) is 13.1. The van der Waals surface area contributed by atoms with Crippen LogP contribution in [0.25, 0.3) is 0 Å². The Morgan fingerprint density at radius 1 is 0.800 bits per heavy atom. The van der Waals surface area contributed by atoms with Gasteiger partial charge in [-0.3, -0.25) is 0 Å². The third kappa shape index (κ3) is 3.39. The zero-order valence-corrected chi connectivity index (χ0v) is 13.6. The molecule has 116 valence electrons. The predicted molar refractivity (Wildman–Crippen MR) is 86.0 cm³/mol. The zero-order valence-electron chi connectivity index (χ0n) is 13.6. The van der Waals surface area contributed by atoms with E-state index < -0.39 is 0 Å². The molecule has 0 unspecified atom stereocenters. The molecule has 20 heavy (non-hydrogen) atoms. The van der Waals surface area contributed by atoms with Crippen molar-refractivity contribution in [3.8, 4) is 0 Å². The highest BCUT2D eigenvalue weighted by atomic mass is 15.2. The van der Waals surface area contributed by atoms with Gasteiger partial charge in [0.2, 0.25) is 0 Å². The molecular weight excluding hydrogens is 244 g/mol. The Bertz CT molecular complexity index is 294. The molecule has 2 aliphatic carbocycles. The molecule has 0 radical (unpaired) electrons. The Balaban J connectivity index is 1.46. The maximum atomic E-state index is 3.96. The second kappa shape index (κ2) is 6.79. The lowest BCUT2D eigenvalue weighted by atomic mass is 9.85. The van der Waals surface area contributed by atoms with Gasteiger partial charge < -0.3 is 10.2 Å². The largest absolute Gasteiger partial charge is 0.311 e. The number of piperidine rings is 1. The topological polar surface area (TPSA) is 15.3 Å². The minimum Gasteiger partial charge on any atom is -0.311 e. The molecule has 1 aliphatic heterocycles. The summed E-state index contributed by atoms with van der Waals surface area (Å²) in [6, 6.07) is 2.37. The van der Waals surface area contributed by atoms with Crippen molar-refractivity contribution in [1.82, 2.24) is 10.2 Å². The van der Waals surface area contributed by atoms with Gasteiger partial charge in [-0.2, -0.15) is 0 Å². The summed E-state index contributed by atoms with van der Waals surface area (Å²) in [5.74, 6) is 1.83. The van der Waals surface area contributed by atoms with E-state index in [1.807, 2.05) is 0 Å². The first kappa shape index (κ1) is 14.8. The Labute approximate surface area is 125 Å². The first-order valence-electron chi connectivity index (χ1n) is 9.24. The number of rotatable bonds is 5. The summed E-state index contributed by atoms with van der Waals surface area (Å²) in [5.41, 5.74) is 0. The van der Waals surface area contributed by atoms with Crippen LogP contribution in [0.2, 0.25) is 0 Å². The molecular formula is C18H34N2. The molecule has 3 atom stereocenters. The van der Waals surface area contributed by atoms with Crippen molar-refractivity contribution < 1.29 is 0 Å². The summed E-state index contributed by atoms with van der Waals surface area (Å²) in [4.78, 5) is 2.80. The Kier molecular flexibility index (Phi) is 5.04. The van der Waals surface area contributed by atoms with Gasteiger partial charge in [-0.1, -0.05) is 19.3 Å². The highest BCUT2D eigenvalue weighted by Gasteiger charge is 2.32. The minimum atomic E-state index is 0.702. The molecule has 0 bridgehead atoms. The van der Waals surface area contributed by atoms with Crippen molar-refractivity contribution in [3.63, 3.8) is 0 Å². The van der Waals surface area contributed by atoms with Gasteiger partial charge in [0.05, 0.1) is 0 Å². The number of hydrogen-bond acceptors (Lipinski definition) is 2. The summed E-state index contributed by atoms with van der Waals surface area (Å²) < 4.78 is 0. The normalized spacial score (nSPS) is 33.0. The minimum absolute atomic E-state index is 0.702. The molecule has 3 rings (SSSR count). The standard InChI is InChI=1S/C18H34N2/c1-14(16-7-3-4-8-16)19-15(2)17-9-6-12-20(13-17)18-10-5-11-18/h14-19H,3-13H2,1-2H3/t14-,15-,17+/m0/s1. The fraction of sp³-hybridized carbons (Fsp3) is 1.00. The maximum absolute atomic E-state index is 3.96. The average Bonchev–Trinajstić information content (AvgIpc) is 2.91. The van der Waals surface area contributed by atoms with E-state index in [9.17, 15) is 0 Å². The van der Waals surface area contributed by atoms with Gasteiger partial charge in [0, 0.05) is 24.7 Å². The molecule has 3 fully saturated rings. The smallest absolute Gasteiger partial charge is 0.00954 e. The number of nitrogens with one attached hydrogen (secondary N) is 1. The van der Waals surface area contributed by atoms with Crippen LogP contribution in [0.4, 0.5) is 0 Å². The van der Waals surface area contributed by atoms with Crippen LogP contribution in [0.5, 0.6) is 0 Å². The SMILES string of the molecule is C[C@H](N[C@@H](C)[C@@H]1CCCN(C2CCC2)C1)C1CCCC1. The van der Waals surface area contributed by atoms with Crippen LogP contribution in [0.15, 0.2) is 0 Å². The first-order chi connectivity index (χ1) is 9.74. The van der Waals surface area contributed by atoms with Gasteiger partial charge >= 0.3 is 0 Å². The fourth-order valence-corrected chi connectivity index (χ4v) is 4.68. The predicted octanol–water partition coefficient (Wildman–Crippen LogP) is 3.81. The van der Waals surface area contributed by atoms with Crippen LogP contribution in [0.1, 0.15) is 71.6 Å². The van der Waals surface area contributed by atoms with Crippen LogP contribution < -0.4 is 5.32 Å². The highest BCUT2D eigenvalue weighted by molar-refractivity contribution is 4.89. The molecule has 0 amide bonds. The van der Waals surface area contributed by atoms with Crippen LogP contribution >= 0.6 is 0 Å². The molecule has 1 N–H and O–H groups in total. The van der Waals surface area contributed by atoms with Crippen molar-refractivity contribution in [2.45, 2.75) is 89.8 Å². The highest BCUT2D eigenvalue weighted by Crippen LogP contribution is 2.31.